The molecular weight excluding hydrogens is 268 g/mol. The van der Waals surface area contributed by atoms with Gasteiger partial charge < -0.3 is 0 Å². The fourth-order valence-corrected chi connectivity index (χ4v) is 2.10. The maximum Gasteiger partial charge on any atom is 0.244 e. The Hall–Kier alpha value is -2.07. The van der Waals surface area contributed by atoms with Crippen molar-refractivity contribution in [3.8, 4) is 0 Å². The summed E-state index contributed by atoms with van der Waals surface area (Å²) in [6, 6.07) is 17.6. The molecule has 0 unspecified atom stereocenters. The summed E-state index contributed by atoms with van der Waals surface area (Å²) < 4.78 is 0. The van der Waals surface area contributed by atoms with Crippen LogP contribution in [0.1, 0.15) is 11.1 Å². The zero-order chi connectivity index (χ0) is 14.2. The molecule has 2 rings (SSSR count). The predicted octanol–water partition coefficient (Wildman–Crippen LogP) is 3.10. The summed E-state index contributed by atoms with van der Waals surface area (Å²) >= 11 is 1.69. The van der Waals surface area contributed by atoms with Crippen LogP contribution in [0.15, 0.2) is 64.6 Å². The summed E-state index contributed by atoms with van der Waals surface area (Å²) in [5.41, 5.74) is 4.47. The summed E-state index contributed by atoms with van der Waals surface area (Å²) in [6.45, 7) is 0. The van der Waals surface area contributed by atoms with Crippen LogP contribution in [0.3, 0.4) is 0 Å². The highest BCUT2D eigenvalue weighted by Crippen LogP contribution is 2.13. The van der Waals surface area contributed by atoms with Crippen molar-refractivity contribution in [2.75, 3.05) is 6.26 Å². The molecule has 102 valence electrons. The van der Waals surface area contributed by atoms with E-state index in [-0.39, 0.29) is 5.91 Å². The number of hydrogen-bond donors (Lipinski definition) is 1. The molecule has 3 nitrogen and oxygen atoms in total. The number of hydrazone groups is 1. The topological polar surface area (TPSA) is 41.5 Å². The van der Waals surface area contributed by atoms with Gasteiger partial charge in [-0.1, -0.05) is 42.5 Å². The first-order valence-corrected chi connectivity index (χ1v) is 7.50. The van der Waals surface area contributed by atoms with Gasteiger partial charge in [0.15, 0.2) is 0 Å². The number of amides is 1. The summed E-state index contributed by atoms with van der Waals surface area (Å²) in [7, 11) is 0. The van der Waals surface area contributed by atoms with Gasteiger partial charge in [0.1, 0.15) is 0 Å². The lowest BCUT2D eigenvalue weighted by molar-refractivity contribution is -0.120. The van der Waals surface area contributed by atoms with Gasteiger partial charge in [-0.2, -0.15) is 5.10 Å². The van der Waals surface area contributed by atoms with Crippen LogP contribution in [-0.2, 0) is 11.2 Å². The van der Waals surface area contributed by atoms with E-state index >= 15 is 0 Å². The van der Waals surface area contributed by atoms with E-state index in [4.69, 9.17) is 0 Å². The predicted molar refractivity (Wildman–Crippen MR) is 84.1 cm³/mol. The van der Waals surface area contributed by atoms with Gasteiger partial charge in [0.25, 0.3) is 0 Å². The van der Waals surface area contributed by atoms with E-state index in [1.807, 2.05) is 60.9 Å². The smallest absolute Gasteiger partial charge is 0.244 e. The third-order valence-electron chi connectivity index (χ3n) is 2.73. The Kier molecular flexibility index (Phi) is 5.38. The first kappa shape index (κ1) is 14.3. The first-order chi connectivity index (χ1) is 9.78. The highest BCUT2D eigenvalue weighted by molar-refractivity contribution is 7.98. The van der Waals surface area contributed by atoms with Crippen LogP contribution in [0.25, 0.3) is 0 Å². The minimum absolute atomic E-state index is 0.117. The molecule has 20 heavy (non-hydrogen) atoms. The molecule has 0 atom stereocenters. The van der Waals surface area contributed by atoms with Crippen molar-refractivity contribution in [3.63, 3.8) is 0 Å². The fraction of sp³-hybridized carbons (Fsp3) is 0.125. The van der Waals surface area contributed by atoms with Crippen molar-refractivity contribution in [1.82, 2.24) is 5.43 Å². The molecule has 0 heterocycles. The lowest BCUT2D eigenvalue weighted by Gasteiger charge is -2.00. The molecule has 0 fully saturated rings. The standard InChI is InChI=1S/C16H16N2OS/c1-20-15-9-7-14(8-10-15)12-17-18-16(19)11-13-5-3-2-4-6-13/h2-10,12H,11H2,1H3,(H,18,19)/b17-12-. The molecule has 0 radical (unpaired) electrons. The summed E-state index contributed by atoms with van der Waals surface area (Å²) in [6.07, 6.45) is 4.02. The monoisotopic (exact) mass is 284 g/mol. The molecular formula is C16H16N2OS. The summed E-state index contributed by atoms with van der Waals surface area (Å²) in [5.74, 6) is -0.117. The third kappa shape index (κ3) is 4.55. The van der Waals surface area contributed by atoms with Crippen LogP contribution in [0.2, 0.25) is 0 Å². The van der Waals surface area contributed by atoms with Gasteiger partial charge in [0.2, 0.25) is 5.91 Å². The molecule has 4 heteroatoms. The van der Waals surface area contributed by atoms with Crippen LogP contribution in [-0.4, -0.2) is 18.4 Å². The largest absolute Gasteiger partial charge is 0.273 e. The zero-order valence-electron chi connectivity index (χ0n) is 11.2. The van der Waals surface area contributed by atoms with E-state index in [0.29, 0.717) is 6.42 Å². The third-order valence-corrected chi connectivity index (χ3v) is 3.47. The Morgan fingerprint density at radius 3 is 2.50 bits per heavy atom. The number of hydrogen-bond acceptors (Lipinski definition) is 3. The minimum atomic E-state index is -0.117. The summed E-state index contributed by atoms with van der Waals surface area (Å²) in [5, 5.41) is 3.96. The van der Waals surface area contributed by atoms with Crippen molar-refractivity contribution in [2.45, 2.75) is 11.3 Å². The maximum atomic E-state index is 11.7. The molecule has 0 aromatic heterocycles. The van der Waals surface area contributed by atoms with E-state index in [1.54, 1.807) is 18.0 Å². The average Bonchev–Trinajstić information content (AvgIpc) is 2.49. The first-order valence-electron chi connectivity index (χ1n) is 6.28. The normalized spacial score (nSPS) is 10.7. The molecule has 0 aliphatic rings. The number of carbonyl (C=O) groups is 1. The molecule has 2 aromatic carbocycles. The van der Waals surface area contributed by atoms with Crippen LogP contribution in [0.5, 0.6) is 0 Å². The van der Waals surface area contributed by atoms with Crippen molar-refractivity contribution < 1.29 is 4.79 Å². The van der Waals surface area contributed by atoms with E-state index in [9.17, 15) is 4.79 Å². The Bertz CT molecular complexity index is 579. The minimum Gasteiger partial charge on any atom is -0.273 e. The van der Waals surface area contributed by atoms with Gasteiger partial charge in [-0.25, -0.2) is 5.43 Å². The highest BCUT2D eigenvalue weighted by atomic mass is 32.2. The van der Waals surface area contributed by atoms with E-state index < -0.39 is 0 Å². The molecule has 0 bridgehead atoms. The number of nitrogens with zero attached hydrogens (tertiary/aromatic N) is 1. The molecule has 0 aliphatic heterocycles. The zero-order valence-corrected chi connectivity index (χ0v) is 12.1. The maximum absolute atomic E-state index is 11.7. The van der Waals surface area contributed by atoms with Crippen molar-refractivity contribution in [1.29, 1.82) is 0 Å². The van der Waals surface area contributed by atoms with Gasteiger partial charge >= 0.3 is 0 Å². The van der Waals surface area contributed by atoms with E-state index in [2.05, 4.69) is 10.5 Å². The van der Waals surface area contributed by atoms with Crippen LogP contribution >= 0.6 is 11.8 Å². The number of nitrogens with one attached hydrogen (secondary N) is 1. The summed E-state index contributed by atoms with van der Waals surface area (Å²) in [4.78, 5) is 12.9. The second-order valence-electron chi connectivity index (χ2n) is 4.23. The molecule has 0 saturated carbocycles. The lowest BCUT2D eigenvalue weighted by Crippen LogP contribution is -2.19. The van der Waals surface area contributed by atoms with E-state index in [0.717, 1.165) is 11.1 Å². The second-order valence-corrected chi connectivity index (χ2v) is 5.11. The van der Waals surface area contributed by atoms with Gasteiger partial charge in [0, 0.05) is 4.90 Å². The Labute approximate surface area is 123 Å². The van der Waals surface area contributed by atoms with Gasteiger partial charge in [-0.05, 0) is 29.5 Å². The number of rotatable bonds is 5. The lowest BCUT2D eigenvalue weighted by atomic mass is 10.1. The average molecular weight is 284 g/mol. The number of carbonyl (C=O) groups excluding carboxylic acids is 1. The molecule has 2 aromatic rings. The number of benzene rings is 2. The molecule has 0 aliphatic carbocycles. The van der Waals surface area contributed by atoms with Gasteiger partial charge in [0.05, 0.1) is 12.6 Å². The van der Waals surface area contributed by atoms with Gasteiger partial charge in [-0.3, -0.25) is 4.79 Å². The Morgan fingerprint density at radius 2 is 1.85 bits per heavy atom. The van der Waals surface area contributed by atoms with Crippen molar-refractivity contribution >= 4 is 23.9 Å². The van der Waals surface area contributed by atoms with E-state index in [1.165, 1.54) is 4.90 Å². The Morgan fingerprint density at radius 1 is 1.15 bits per heavy atom. The quantitative estimate of drug-likeness (QED) is 0.521. The Balaban J connectivity index is 1.84. The van der Waals surface area contributed by atoms with Crippen molar-refractivity contribution in [3.05, 3.63) is 65.7 Å². The second kappa shape index (κ2) is 7.50. The molecule has 0 saturated heterocycles. The van der Waals surface area contributed by atoms with Gasteiger partial charge in [-0.15, -0.1) is 11.8 Å². The fourth-order valence-electron chi connectivity index (χ4n) is 1.69. The van der Waals surface area contributed by atoms with Crippen LogP contribution < -0.4 is 5.43 Å². The highest BCUT2D eigenvalue weighted by Gasteiger charge is 2.00. The molecule has 1 amide bonds. The molecule has 0 spiro atoms. The SMILES string of the molecule is CSc1ccc(/C=N\NC(=O)Cc2ccccc2)cc1. The van der Waals surface area contributed by atoms with Crippen LogP contribution in [0, 0.1) is 0 Å². The number of thioether (sulfide) groups is 1. The molecule has 1 N–H and O–H groups in total. The van der Waals surface area contributed by atoms with Crippen molar-refractivity contribution in [2.24, 2.45) is 5.10 Å². The van der Waals surface area contributed by atoms with Crippen LogP contribution in [0.4, 0.5) is 0 Å².